The standard InChI is InChI=1S/C11H13F2N3O4S/c1-16-8-3-2-7(4-9(8)20-10(16)17)21(18,19)15-6-11(12,13)5-14/h2-4,15H,5-6,14H2,1H3. The van der Waals surface area contributed by atoms with Crippen LogP contribution < -0.4 is 16.2 Å². The van der Waals surface area contributed by atoms with Crippen molar-refractivity contribution in [2.24, 2.45) is 12.8 Å². The van der Waals surface area contributed by atoms with Crippen LogP contribution in [0.2, 0.25) is 0 Å². The predicted molar refractivity (Wildman–Crippen MR) is 70.6 cm³/mol. The molecule has 2 rings (SSSR count). The Hall–Kier alpha value is -1.78. The van der Waals surface area contributed by atoms with E-state index in [-0.39, 0.29) is 10.5 Å². The van der Waals surface area contributed by atoms with Crippen molar-refractivity contribution in [1.29, 1.82) is 0 Å². The molecule has 116 valence electrons. The molecular formula is C11H13F2N3O4S. The number of nitrogens with zero attached hydrogens (tertiary/aromatic N) is 1. The molecule has 0 unspecified atom stereocenters. The predicted octanol–water partition coefficient (Wildman–Crippen LogP) is 0.00380. The van der Waals surface area contributed by atoms with E-state index >= 15 is 0 Å². The lowest BCUT2D eigenvalue weighted by molar-refractivity contribution is 0.0170. The summed E-state index contributed by atoms with van der Waals surface area (Å²) < 4.78 is 57.6. The zero-order valence-corrected chi connectivity index (χ0v) is 11.8. The van der Waals surface area contributed by atoms with Crippen molar-refractivity contribution in [3.63, 3.8) is 0 Å². The molecule has 0 radical (unpaired) electrons. The molecule has 0 amide bonds. The van der Waals surface area contributed by atoms with Crippen LogP contribution in [0.25, 0.3) is 11.1 Å². The van der Waals surface area contributed by atoms with Crippen LogP contribution >= 0.6 is 0 Å². The third-order valence-electron chi connectivity index (χ3n) is 2.89. The van der Waals surface area contributed by atoms with Crippen LogP contribution in [0.15, 0.2) is 32.3 Å². The Labute approximate surface area is 118 Å². The van der Waals surface area contributed by atoms with Crippen molar-refractivity contribution in [2.75, 3.05) is 13.1 Å². The Bertz CT molecular complexity index is 826. The lowest BCUT2D eigenvalue weighted by Gasteiger charge is -2.14. The molecular weight excluding hydrogens is 308 g/mol. The van der Waals surface area contributed by atoms with Crippen molar-refractivity contribution in [2.45, 2.75) is 10.8 Å². The van der Waals surface area contributed by atoms with E-state index in [1.807, 2.05) is 0 Å². The average molecular weight is 321 g/mol. The molecule has 0 aliphatic carbocycles. The van der Waals surface area contributed by atoms with Crippen molar-refractivity contribution in [3.8, 4) is 0 Å². The van der Waals surface area contributed by atoms with E-state index in [0.29, 0.717) is 5.52 Å². The topological polar surface area (TPSA) is 107 Å². The summed E-state index contributed by atoms with van der Waals surface area (Å²) in [5.74, 6) is -3.99. The van der Waals surface area contributed by atoms with Gasteiger partial charge in [0.1, 0.15) is 0 Å². The largest absolute Gasteiger partial charge is 0.419 e. The van der Waals surface area contributed by atoms with E-state index in [1.165, 1.54) is 23.7 Å². The van der Waals surface area contributed by atoms with E-state index in [2.05, 4.69) is 0 Å². The van der Waals surface area contributed by atoms with Crippen LogP contribution in [-0.4, -0.2) is 32.0 Å². The number of alkyl halides is 2. The summed E-state index contributed by atoms with van der Waals surface area (Å²) in [4.78, 5) is 11.0. The number of aryl methyl sites for hydroxylation is 1. The van der Waals surface area contributed by atoms with Gasteiger partial charge in [-0.1, -0.05) is 0 Å². The van der Waals surface area contributed by atoms with E-state index in [0.717, 1.165) is 6.07 Å². The van der Waals surface area contributed by atoms with Crippen LogP contribution in [0.4, 0.5) is 8.78 Å². The first kappa shape index (κ1) is 15.6. The van der Waals surface area contributed by atoms with Crippen LogP contribution in [0.3, 0.4) is 0 Å². The lowest BCUT2D eigenvalue weighted by atomic mass is 10.3. The maximum atomic E-state index is 13.0. The molecule has 0 aliphatic heterocycles. The lowest BCUT2D eigenvalue weighted by Crippen LogP contribution is -2.41. The van der Waals surface area contributed by atoms with Gasteiger partial charge in [0.2, 0.25) is 10.0 Å². The number of nitrogens with one attached hydrogen (secondary N) is 1. The summed E-state index contributed by atoms with van der Waals surface area (Å²) in [5.41, 5.74) is 5.28. The zero-order chi connectivity index (χ0) is 15.8. The Morgan fingerprint density at radius 3 is 2.71 bits per heavy atom. The van der Waals surface area contributed by atoms with Crippen molar-refractivity contribution in [1.82, 2.24) is 9.29 Å². The van der Waals surface area contributed by atoms with E-state index < -0.39 is 34.8 Å². The van der Waals surface area contributed by atoms with Gasteiger partial charge in [0.15, 0.2) is 5.58 Å². The van der Waals surface area contributed by atoms with Gasteiger partial charge in [0.25, 0.3) is 5.92 Å². The number of fused-ring (bicyclic) bond motifs is 1. The minimum atomic E-state index is -4.16. The monoisotopic (exact) mass is 321 g/mol. The highest BCUT2D eigenvalue weighted by atomic mass is 32.2. The van der Waals surface area contributed by atoms with Gasteiger partial charge in [-0.05, 0) is 12.1 Å². The third-order valence-corrected chi connectivity index (χ3v) is 4.29. The molecule has 10 heteroatoms. The van der Waals surface area contributed by atoms with E-state index in [9.17, 15) is 22.0 Å². The normalized spacial score (nSPS) is 13.0. The van der Waals surface area contributed by atoms with Gasteiger partial charge < -0.3 is 10.2 Å². The summed E-state index contributed by atoms with van der Waals surface area (Å²) in [6, 6.07) is 3.65. The second-order valence-corrected chi connectivity index (χ2v) is 6.21. The highest BCUT2D eigenvalue weighted by molar-refractivity contribution is 7.89. The summed E-state index contributed by atoms with van der Waals surface area (Å²) >= 11 is 0. The number of hydrogen-bond donors (Lipinski definition) is 2. The molecule has 1 aromatic heterocycles. The quantitative estimate of drug-likeness (QED) is 0.806. The molecule has 1 aromatic carbocycles. The SMILES string of the molecule is Cn1c(=O)oc2cc(S(=O)(=O)NCC(F)(F)CN)ccc21. The van der Waals surface area contributed by atoms with Crippen LogP contribution in [0.5, 0.6) is 0 Å². The number of halogens is 2. The first-order chi connectivity index (χ1) is 9.66. The number of hydrogen-bond acceptors (Lipinski definition) is 5. The minimum absolute atomic E-state index is 0.0518. The van der Waals surface area contributed by atoms with Gasteiger partial charge >= 0.3 is 5.76 Å². The molecule has 0 bridgehead atoms. The minimum Gasteiger partial charge on any atom is -0.408 e. The molecule has 0 spiro atoms. The van der Waals surface area contributed by atoms with Gasteiger partial charge in [-0.15, -0.1) is 0 Å². The van der Waals surface area contributed by atoms with Crippen molar-refractivity contribution in [3.05, 3.63) is 28.7 Å². The molecule has 21 heavy (non-hydrogen) atoms. The Morgan fingerprint density at radius 2 is 2.10 bits per heavy atom. The summed E-state index contributed by atoms with van der Waals surface area (Å²) in [5, 5.41) is 0. The number of rotatable bonds is 5. The van der Waals surface area contributed by atoms with Crippen LogP contribution in [0.1, 0.15) is 0 Å². The maximum Gasteiger partial charge on any atom is 0.419 e. The summed E-state index contributed by atoms with van der Waals surface area (Å²) in [6.07, 6.45) is 0. The van der Waals surface area contributed by atoms with Crippen LogP contribution in [-0.2, 0) is 17.1 Å². The van der Waals surface area contributed by atoms with E-state index in [4.69, 9.17) is 10.2 Å². The molecule has 7 nitrogen and oxygen atoms in total. The second kappa shape index (κ2) is 5.20. The fourth-order valence-corrected chi connectivity index (χ4v) is 2.71. The van der Waals surface area contributed by atoms with Gasteiger partial charge in [-0.2, -0.15) is 0 Å². The van der Waals surface area contributed by atoms with Gasteiger partial charge in [0, 0.05) is 13.1 Å². The van der Waals surface area contributed by atoms with Gasteiger partial charge in [-0.3, -0.25) is 4.57 Å². The highest BCUT2D eigenvalue weighted by Crippen LogP contribution is 2.18. The Kier molecular flexibility index (Phi) is 3.87. The maximum absolute atomic E-state index is 13.0. The number of nitrogens with two attached hydrogens (primary N) is 1. The summed E-state index contributed by atoms with van der Waals surface area (Å²) in [7, 11) is -2.69. The number of aromatic nitrogens is 1. The number of benzene rings is 1. The molecule has 0 atom stereocenters. The van der Waals surface area contributed by atoms with Crippen LogP contribution in [0, 0.1) is 0 Å². The number of sulfonamides is 1. The Morgan fingerprint density at radius 1 is 1.43 bits per heavy atom. The Balaban J connectivity index is 2.34. The van der Waals surface area contributed by atoms with E-state index in [1.54, 1.807) is 4.72 Å². The van der Waals surface area contributed by atoms with Crippen molar-refractivity contribution < 1.29 is 21.6 Å². The molecule has 0 saturated heterocycles. The third kappa shape index (κ3) is 3.12. The smallest absolute Gasteiger partial charge is 0.408 e. The van der Waals surface area contributed by atoms with Gasteiger partial charge in [0.05, 0.1) is 23.5 Å². The molecule has 0 fully saturated rings. The first-order valence-electron chi connectivity index (χ1n) is 5.83. The molecule has 3 N–H and O–H groups in total. The highest BCUT2D eigenvalue weighted by Gasteiger charge is 2.29. The second-order valence-electron chi connectivity index (χ2n) is 4.44. The molecule has 2 aromatic rings. The van der Waals surface area contributed by atoms with Crippen molar-refractivity contribution >= 4 is 21.1 Å². The van der Waals surface area contributed by atoms with Gasteiger partial charge in [-0.25, -0.2) is 26.7 Å². The molecule has 1 heterocycles. The molecule has 0 saturated carbocycles. The zero-order valence-electron chi connectivity index (χ0n) is 11.0. The average Bonchev–Trinajstić information content (AvgIpc) is 2.72. The fraction of sp³-hybridized carbons (Fsp3) is 0.364. The fourth-order valence-electron chi connectivity index (χ4n) is 1.64. The first-order valence-corrected chi connectivity index (χ1v) is 7.32. The number of oxazole rings is 1. The molecule has 0 aliphatic rings. The summed E-state index contributed by atoms with van der Waals surface area (Å²) in [6.45, 7) is -2.08.